The standard InChI is InChI=1S/3C18H18N2O2/c3*1-19(15-9-5-3-6-10-15)17(21)13-14-18(22)20(2)16-11-7-4-8-12-16/h3*3-14H,1-2H3/b3*14-13+. The number of hydrogen-bond acceptors (Lipinski definition) is 6. The fraction of sp³-hybridized carbons (Fsp3) is 0.111. The lowest BCUT2D eigenvalue weighted by Crippen LogP contribution is -2.27. The number of likely N-dealkylation sites (N-methyl/N-ethyl adjacent to an activating group) is 6. The fourth-order valence-corrected chi connectivity index (χ4v) is 5.77. The summed E-state index contributed by atoms with van der Waals surface area (Å²) in [5, 5.41) is 0. The Kier molecular flexibility index (Phi) is 19.8. The number of anilines is 6. The van der Waals surface area contributed by atoms with Crippen molar-refractivity contribution in [2.75, 3.05) is 71.7 Å². The first-order valence-corrected chi connectivity index (χ1v) is 20.8. The molecule has 0 heterocycles. The van der Waals surface area contributed by atoms with Crippen molar-refractivity contribution in [1.82, 2.24) is 0 Å². The quantitative estimate of drug-likeness (QED) is 0.114. The van der Waals surface area contributed by atoms with Crippen LogP contribution in [0.3, 0.4) is 0 Å². The Morgan fingerprint density at radius 1 is 0.227 bits per heavy atom. The van der Waals surface area contributed by atoms with Gasteiger partial charge in [-0.3, -0.25) is 28.8 Å². The van der Waals surface area contributed by atoms with Crippen LogP contribution < -0.4 is 29.4 Å². The van der Waals surface area contributed by atoms with Crippen LogP contribution >= 0.6 is 0 Å². The molecule has 0 saturated carbocycles. The number of nitrogens with zero attached hydrogens (tertiary/aromatic N) is 6. The van der Waals surface area contributed by atoms with Gasteiger partial charge in [0.1, 0.15) is 0 Å². The SMILES string of the molecule is CN(C(=O)/C=C/C(=O)N(C)c1ccccc1)c1ccccc1.CN(C(=O)/C=C/C(=O)N(C)c1ccccc1)c1ccccc1.CN(C(=O)/C=C/C(=O)N(C)c1ccccc1)c1ccccc1. The van der Waals surface area contributed by atoms with E-state index < -0.39 is 0 Å². The number of rotatable bonds is 12. The van der Waals surface area contributed by atoms with E-state index in [0.29, 0.717) is 0 Å². The van der Waals surface area contributed by atoms with Crippen molar-refractivity contribution in [3.63, 3.8) is 0 Å². The van der Waals surface area contributed by atoms with Gasteiger partial charge in [-0.05, 0) is 72.8 Å². The number of benzene rings is 6. The molecule has 0 atom stereocenters. The predicted octanol–water partition coefficient (Wildman–Crippen LogP) is 8.61. The van der Waals surface area contributed by atoms with Crippen LogP contribution in [0, 0.1) is 0 Å². The third-order valence-corrected chi connectivity index (χ3v) is 9.95. The third-order valence-electron chi connectivity index (χ3n) is 9.95. The molecule has 0 spiro atoms. The Morgan fingerprint density at radius 2 is 0.333 bits per heavy atom. The second kappa shape index (κ2) is 26.1. The average Bonchev–Trinajstić information content (AvgIpc) is 3.38. The molecular weight excluding hydrogens is 829 g/mol. The summed E-state index contributed by atoms with van der Waals surface area (Å²) in [5.74, 6) is -1.49. The molecule has 0 fully saturated rings. The van der Waals surface area contributed by atoms with Gasteiger partial charge < -0.3 is 29.4 Å². The van der Waals surface area contributed by atoms with Crippen molar-refractivity contribution in [3.05, 3.63) is 218 Å². The molecule has 0 aliphatic carbocycles. The van der Waals surface area contributed by atoms with Gasteiger partial charge in [0.2, 0.25) is 0 Å². The average molecular weight is 883 g/mol. The van der Waals surface area contributed by atoms with Crippen molar-refractivity contribution in [3.8, 4) is 0 Å². The maximum absolute atomic E-state index is 12.1. The molecule has 12 heteroatoms. The Morgan fingerprint density at radius 3 is 0.439 bits per heavy atom. The summed E-state index contributed by atoms with van der Waals surface area (Å²) in [6, 6.07) is 55.7. The van der Waals surface area contributed by atoms with Gasteiger partial charge in [0.15, 0.2) is 0 Å². The molecule has 0 aliphatic rings. The molecule has 12 nitrogen and oxygen atoms in total. The Hall–Kier alpha value is -8.64. The maximum Gasteiger partial charge on any atom is 0.250 e. The third kappa shape index (κ3) is 15.6. The highest BCUT2D eigenvalue weighted by Gasteiger charge is 2.13. The number of amides is 6. The normalized spacial score (nSPS) is 10.5. The highest BCUT2D eigenvalue weighted by atomic mass is 16.2. The van der Waals surface area contributed by atoms with Gasteiger partial charge in [-0.15, -0.1) is 0 Å². The zero-order chi connectivity index (χ0) is 47.8. The van der Waals surface area contributed by atoms with E-state index in [1.54, 1.807) is 42.3 Å². The minimum absolute atomic E-state index is 0.249. The monoisotopic (exact) mass is 882 g/mol. The van der Waals surface area contributed by atoms with E-state index in [9.17, 15) is 28.8 Å². The van der Waals surface area contributed by atoms with E-state index in [2.05, 4.69) is 0 Å². The molecule has 0 N–H and O–H groups in total. The van der Waals surface area contributed by atoms with Crippen LogP contribution in [-0.4, -0.2) is 77.7 Å². The molecular formula is C54H54N6O6. The molecule has 336 valence electrons. The zero-order valence-corrected chi connectivity index (χ0v) is 37.9. The van der Waals surface area contributed by atoms with Crippen LogP contribution in [0.15, 0.2) is 218 Å². The molecule has 6 rings (SSSR count). The minimum Gasteiger partial charge on any atom is -0.312 e. The summed E-state index contributed by atoms with van der Waals surface area (Å²) in [5.41, 5.74) is 4.67. The lowest BCUT2D eigenvalue weighted by Gasteiger charge is -2.16. The fourth-order valence-electron chi connectivity index (χ4n) is 5.77. The summed E-state index contributed by atoms with van der Waals surface area (Å²) >= 11 is 0. The van der Waals surface area contributed by atoms with Crippen molar-refractivity contribution < 1.29 is 28.8 Å². The molecule has 0 unspecified atom stereocenters. The number of hydrogen-bond donors (Lipinski definition) is 0. The summed E-state index contributed by atoms with van der Waals surface area (Å²) in [4.78, 5) is 81.4. The Bertz CT molecular complexity index is 2110. The van der Waals surface area contributed by atoms with Crippen LogP contribution in [0.25, 0.3) is 0 Å². The van der Waals surface area contributed by atoms with Crippen LogP contribution in [0.1, 0.15) is 0 Å². The molecule has 0 aromatic heterocycles. The van der Waals surface area contributed by atoms with E-state index in [1.807, 2.05) is 182 Å². The first-order valence-electron chi connectivity index (χ1n) is 20.8. The van der Waals surface area contributed by atoms with E-state index >= 15 is 0 Å². The van der Waals surface area contributed by atoms with Gasteiger partial charge in [0.05, 0.1) is 0 Å². The molecule has 6 aromatic carbocycles. The van der Waals surface area contributed by atoms with Crippen LogP contribution in [0.2, 0.25) is 0 Å². The zero-order valence-electron chi connectivity index (χ0n) is 37.9. The van der Waals surface area contributed by atoms with E-state index in [1.165, 1.54) is 65.9 Å². The molecule has 0 bridgehead atoms. The summed E-state index contributed by atoms with van der Waals surface area (Å²) in [7, 11) is 10.0. The largest absolute Gasteiger partial charge is 0.312 e. The minimum atomic E-state index is -0.249. The molecule has 0 saturated heterocycles. The molecule has 6 aromatic rings. The van der Waals surface area contributed by atoms with Crippen molar-refractivity contribution in [1.29, 1.82) is 0 Å². The number of para-hydroxylation sites is 6. The summed E-state index contributed by atoms with van der Waals surface area (Å²) in [6.45, 7) is 0. The summed E-state index contributed by atoms with van der Waals surface area (Å²) in [6.07, 6.45) is 7.72. The molecule has 0 radical (unpaired) electrons. The van der Waals surface area contributed by atoms with Gasteiger partial charge in [-0.1, -0.05) is 109 Å². The van der Waals surface area contributed by atoms with Crippen molar-refractivity contribution in [2.45, 2.75) is 0 Å². The predicted molar refractivity (Wildman–Crippen MR) is 267 cm³/mol. The first-order chi connectivity index (χ1) is 31.8. The van der Waals surface area contributed by atoms with Crippen molar-refractivity contribution >= 4 is 69.6 Å². The second-order valence-corrected chi connectivity index (χ2v) is 14.4. The van der Waals surface area contributed by atoms with Crippen LogP contribution in [0.4, 0.5) is 34.1 Å². The maximum atomic E-state index is 12.1. The number of carbonyl (C=O) groups is 6. The lowest BCUT2D eigenvalue weighted by molar-refractivity contribution is -0.116. The highest BCUT2D eigenvalue weighted by Crippen LogP contribution is 2.16. The van der Waals surface area contributed by atoms with E-state index in [0.717, 1.165) is 34.1 Å². The highest BCUT2D eigenvalue weighted by molar-refractivity contribution is 6.10. The van der Waals surface area contributed by atoms with Gasteiger partial charge in [0, 0.05) is 113 Å². The van der Waals surface area contributed by atoms with Gasteiger partial charge >= 0.3 is 0 Å². The van der Waals surface area contributed by atoms with Gasteiger partial charge in [-0.2, -0.15) is 0 Å². The second-order valence-electron chi connectivity index (χ2n) is 14.4. The topological polar surface area (TPSA) is 122 Å². The van der Waals surface area contributed by atoms with Gasteiger partial charge in [-0.25, -0.2) is 0 Å². The van der Waals surface area contributed by atoms with Gasteiger partial charge in [0.25, 0.3) is 35.4 Å². The van der Waals surface area contributed by atoms with E-state index in [4.69, 9.17) is 0 Å². The Balaban J connectivity index is 0.000000216. The number of carbonyl (C=O) groups excluding carboxylic acids is 6. The molecule has 66 heavy (non-hydrogen) atoms. The lowest BCUT2D eigenvalue weighted by atomic mass is 10.2. The molecule has 0 aliphatic heterocycles. The Labute approximate surface area is 387 Å². The van der Waals surface area contributed by atoms with Crippen LogP contribution in [-0.2, 0) is 28.8 Å². The summed E-state index contributed by atoms with van der Waals surface area (Å²) < 4.78 is 0. The smallest absolute Gasteiger partial charge is 0.250 e. The van der Waals surface area contributed by atoms with E-state index in [-0.39, 0.29) is 35.4 Å². The first kappa shape index (κ1) is 50.0. The van der Waals surface area contributed by atoms with Crippen molar-refractivity contribution in [2.24, 2.45) is 0 Å². The van der Waals surface area contributed by atoms with Crippen LogP contribution in [0.5, 0.6) is 0 Å². The molecule has 6 amide bonds.